The van der Waals surface area contributed by atoms with Gasteiger partial charge in [0.2, 0.25) is 5.91 Å². The second kappa shape index (κ2) is 8.44. The van der Waals surface area contributed by atoms with Gasteiger partial charge in [0, 0.05) is 62.8 Å². The van der Waals surface area contributed by atoms with Gasteiger partial charge in [-0.15, -0.1) is 0 Å². The SMILES string of the molecule is CC1CCCC2CN(C(=O)CN3CCc4cc(-c5cncnc5)ccc4C3)CCN12. The van der Waals surface area contributed by atoms with Gasteiger partial charge in [0.15, 0.2) is 0 Å². The van der Waals surface area contributed by atoms with Gasteiger partial charge in [-0.1, -0.05) is 24.6 Å². The first-order valence-electron chi connectivity index (χ1n) is 11.3. The highest BCUT2D eigenvalue weighted by molar-refractivity contribution is 5.78. The molecule has 0 N–H and O–H groups in total. The lowest BCUT2D eigenvalue weighted by Gasteiger charge is -2.47. The summed E-state index contributed by atoms with van der Waals surface area (Å²) < 4.78 is 0. The molecule has 3 aliphatic rings. The number of rotatable bonds is 3. The summed E-state index contributed by atoms with van der Waals surface area (Å²) in [4.78, 5) is 28.3. The number of aromatic nitrogens is 2. The van der Waals surface area contributed by atoms with Gasteiger partial charge in [-0.3, -0.25) is 14.6 Å². The Balaban J connectivity index is 1.20. The fourth-order valence-electron chi connectivity index (χ4n) is 5.41. The lowest BCUT2D eigenvalue weighted by atomic mass is 9.94. The van der Waals surface area contributed by atoms with E-state index in [1.54, 1.807) is 6.33 Å². The first-order chi connectivity index (χ1) is 14.7. The number of fused-ring (bicyclic) bond motifs is 2. The topological polar surface area (TPSA) is 52.6 Å². The zero-order valence-corrected chi connectivity index (χ0v) is 17.8. The van der Waals surface area contributed by atoms with Gasteiger partial charge < -0.3 is 4.90 Å². The Labute approximate surface area is 178 Å². The molecule has 6 heteroatoms. The number of carbonyl (C=O) groups is 1. The normalized spacial score (nSPS) is 24.9. The van der Waals surface area contributed by atoms with Gasteiger partial charge in [-0.25, -0.2) is 9.97 Å². The first kappa shape index (κ1) is 19.6. The summed E-state index contributed by atoms with van der Waals surface area (Å²) in [6.07, 6.45) is 10.1. The Morgan fingerprint density at radius 1 is 1.07 bits per heavy atom. The monoisotopic (exact) mass is 405 g/mol. The summed E-state index contributed by atoms with van der Waals surface area (Å²) in [5, 5.41) is 0. The number of carbonyl (C=O) groups excluding carboxylic acids is 1. The second-order valence-electron chi connectivity index (χ2n) is 9.08. The summed E-state index contributed by atoms with van der Waals surface area (Å²) in [5.74, 6) is 0.300. The highest BCUT2D eigenvalue weighted by atomic mass is 16.2. The molecule has 0 radical (unpaired) electrons. The van der Waals surface area contributed by atoms with Crippen LogP contribution in [0.15, 0.2) is 36.9 Å². The number of benzene rings is 1. The van der Waals surface area contributed by atoms with Crippen LogP contribution in [0.5, 0.6) is 0 Å². The molecule has 30 heavy (non-hydrogen) atoms. The molecule has 6 nitrogen and oxygen atoms in total. The fraction of sp³-hybridized carbons (Fsp3) is 0.542. The number of piperidine rings is 1. The van der Waals surface area contributed by atoms with E-state index >= 15 is 0 Å². The first-order valence-corrected chi connectivity index (χ1v) is 11.3. The zero-order chi connectivity index (χ0) is 20.5. The number of piperazine rings is 1. The molecule has 3 aliphatic heterocycles. The van der Waals surface area contributed by atoms with E-state index in [4.69, 9.17) is 0 Å². The van der Waals surface area contributed by atoms with Crippen LogP contribution in [0.25, 0.3) is 11.1 Å². The highest BCUT2D eigenvalue weighted by Gasteiger charge is 2.34. The maximum absolute atomic E-state index is 13.0. The van der Waals surface area contributed by atoms with Gasteiger partial charge in [0.25, 0.3) is 0 Å². The van der Waals surface area contributed by atoms with Gasteiger partial charge in [-0.05, 0) is 42.9 Å². The Kier molecular flexibility index (Phi) is 5.52. The van der Waals surface area contributed by atoms with Crippen LogP contribution in [-0.2, 0) is 17.8 Å². The van der Waals surface area contributed by atoms with Crippen LogP contribution < -0.4 is 0 Å². The zero-order valence-electron chi connectivity index (χ0n) is 17.8. The third-order valence-electron chi connectivity index (χ3n) is 7.16. The molecule has 2 unspecified atom stereocenters. The maximum atomic E-state index is 13.0. The fourth-order valence-corrected chi connectivity index (χ4v) is 5.41. The average Bonchev–Trinajstić information content (AvgIpc) is 2.79. The third kappa shape index (κ3) is 3.98. The van der Waals surface area contributed by atoms with Gasteiger partial charge in [0.05, 0.1) is 6.54 Å². The molecule has 2 saturated heterocycles. The number of hydrogen-bond donors (Lipinski definition) is 0. The van der Waals surface area contributed by atoms with Crippen LogP contribution >= 0.6 is 0 Å². The second-order valence-corrected chi connectivity index (χ2v) is 9.08. The van der Waals surface area contributed by atoms with E-state index in [1.807, 2.05) is 12.4 Å². The van der Waals surface area contributed by atoms with E-state index in [1.165, 1.54) is 36.0 Å². The van der Waals surface area contributed by atoms with Crippen LogP contribution in [0.2, 0.25) is 0 Å². The molecule has 1 amide bonds. The molecule has 2 atom stereocenters. The summed E-state index contributed by atoms with van der Waals surface area (Å²) in [6, 6.07) is 7.85. The number of amides is 1. The van der Waals surface area contributed by atoms with Crippen molar-refractivity contribution in [1.82, 2.24) is 24.7 Å². The molecule has 0 aliphatic carbocycles. The molecular weight excluding hydrogens is 374 g/mol. The van der Waals surface area contributed by atoms with Crippen molar-refractivity contribution in [3.05, 3.63) is 48.0 Å². The molecular formula is C24H31N5O. The van der Waals surface area contributed by atoms with Crippen molar-refractivity contribution in [1.29, 1.82) is 0 Å². The molecule has 0 saturated carbocycles. The number of hydrogen-bond acceptors (Lipinski definition) is 5. The van der Waals surface area contributed by atoms with Crippen molar-refractivity contribution in [3.8, 4) is 11.1 Å². The largest absolute Gasteiger partial charge is 0.339 e. The average molecular weight is 406 g/mol. The van der Waals surface area contributed by atoms with Crippen LogP contribution in [-0.4, -0.2) is 75.4 Å². The van der Waals surface area contributed by atoms with Gasteiger partial charge in [0.1, 0.15) is 6.33 Å². The molecule has 2 aromatic rings. The van der Waals surface area contributed by atoms with E-state index < -0.39 is 0 Å². The van der Waals surface area contributed by atoms with Crippen LogP contribution in [0, 0.1) is 0 Å². The molecule has 0 bridgehead atoms. The summed E-state index contributed by atoms with van der Waals surface area (Å²) in [6.45, 7) is 7.50. The Hall–Kier alpha value is -2.31. The minimum absolute atomic E-state index is 0.300. The Morgan fingerprint density at radius 2 is 1.93 bits per heavy atom. The third-order valence-corrected chi connectivity index (χ3v) is 7.16. The molecule has 2 fully saturated rings. The van der Waals surface area contributed by atoms with Gasteiger partial charge in [-0.2, -0.15) is 0 Å². The molecule has 158 valence electrons. The van der Waals surface area contributed by atoms with E-state index in [0.717, 1.165) is 44.7 Å². The molecule has 1 aromatic heterocycles. The Bertz CT molecular complexity index is 902. The van der Waals surface area contributed by atoms with Crippen molar-refractivity contribution >= 4 is 5.91 Å². The van der Waals surface area contributed by atoms with Crippen LogP contribution in [0.3, 0.4) is 0 Å². The molecule has 1 aromatic carbocycles. The number of nitrogens with zero attached hydrogens (tertiary/aromatic N) is 5. The van der Waals surface area contributed by atoms with Crippen LogP contribution in [0.1, 0.15) is 37.3 Å². The summed E-state index contributed by atoms with van der Waals surface area (Å²) >= 11 is 0. The van der Waals surface area contributed by atoms with Gasteiger partial charge >= 0.3 is 0 Å². The molecule has 4 heterocycles. The van der Waals surface area contributed by atoms with Crippen molar-refractivity contribution in [2.75, 3.05) is 32.7 Å². The minimum Gasteiger partial charge on any atom is -0.339 e. The van der Waals surface area contributed by atoms with Crippen molar-refractivity contribution < 1.29 is 4.79 Å². The predicted octanol–water partition coefficient (Wildman–Crippen LogP) is 2.59. The van der Waals surface area contributed by atoms with E-state index in [0.29, 0.717) is 24.5 Å². The maximum Gasteiger partial charge on any atom is 0.236 e. The summed E-state index contributed by atoms with van der Waals surface area (Å²) in [5.41, 5.74) is 4.93. The highest BCUT2D eigenvalue weighted by Crippen LogP contribution is 2.27. The minimum atomic E-state index is 0.300. The summed E-state index contributed by atoms with van der Waals surface area (Å²) in [7, 11) is 0. The smallest absolute Gasteiger partial charge is 0.236 e. The van der Waals surface area contributed by atoms with E-state index in [9.17, 15) is 4.79 Å². The molecule has 0 spiro atoms. The lowest BCUT2D eigenvalue weighted by Crippen LogP contribution is -2.59. The lowest BCUT2D eigenvalue weighted by molar-refractivity contribution is -0.137. The van der Waals surface area contributed by atoms with E-state index in [-0.39, 0.29) is 0 Å². The molecule has 5 rings (SSSR count). The Morgan fingerprint density at radius 3 is 2.80 bits per heavy atom. The van der Waals surface area contributed by atoms with Crippen molar-refractivity contribution in [3.63, 3.8) is 0 Å². The standard InChI is InChI=1S/C24H31N5O/c1-18-3-2-4-23-15-28(9-10-29(18)23)24(30)16-27-8-7-20-11-19(5-6-21(20)14-27)22-12-25-17-26-13-22/h5-6,11-13,17-18,23H,2-4,7-10,14-16H2,1H3. The van der Waals surface area contributed by atoms with Crippen LogP contribution in [0.4, 0.5) is 0 Å². The van der Waals surface area contributed by atoms with E-state index in [2.05, 4.69) is 49.8 Å². The van der Waals surface area contributed by atoms with Crippen molar-refractivity contribution in [2.45, 2.75) is 51.2 Å². The van der Waals surface area contributed by atoms with Crippen molar-refractivity contribution in [2.24, 2.45) is 0 Å². The predicted molar refractivity (Wildman–Crippen MR) is 117 cm³/mol. The quantitative estimate of drug-likeness (QED) is 0.786.